The number of likely N-dealkylation sites (N-methyl/N-ethyl adjacent to an activating group) is 1. The number of hydrogen-bond acceptors (Lipinski definition) is 6. The number of ether oxygens (including phenoxy) is 2. The summed E-state index contributed by atoms with van der Waals surface area (Å²) in [5.74, 6) is 0.662. The molecule has 1 heterocycles. The maximum atomic E-state index is 10.9. The van der Waals surface area contributed by atoms with E-state index in [1.54, 1.807) is 19.2 Å². The van der Waals surface area contributed by atoms with Gasteiger partial charge in [0.25, 0.3) is 5.69 Å². The highest BCUT2D eigenvalue weighted by Gasteiger charge is 2.18. The van der Waals surface area contributed by atoms with E-state index in [-0.39, 0.29) is 11.8 Å². The molecule has 0 aliphatic carbocycles. The van der Waals surface area contributed by atoms with Crippen LogP contribution in [0.1, 0.15) is 5.56 Å². The lowest BCUT2D eigenvalue weighted by Crippen LogP contribution is -2.44. The van der Waals surface area contributed by atoms with Gasteiger partial charge in [-0.1, -0.05) is 0 Å². The van der Waals surface area contributed by atoms with Crippen molar-refractivity contribution in [3.8, 4) is 5.75 Å². The molecule has 0 saturated carbocycles. The molecule has 1 N–H and O–H groups in total. The average Bonchev–Trinajstić information content (AvgIpc) is 2.48. The second-order valence-electron chi connectivity index (χ2n) is 5.15. The molecule has 7 heteroatoms. The number of rotatable bonds is 6. The minimum atomic E-state index is -0.392. The van der Waals surface area contributed by atoms with E-state index < -0.39 is 4.92 Å². The number of hydrogen-bond donors (Lipinski definition) is 1. The van der Waals surface area contributed by atoms with Crippen molar-refractivity contribution in [2.75, 3.05) is 40.4 Å². The fourth-order valence-electron chi connectivity index (χ4n) is 2.44. The summed E-state index contributed by atoms with van der Waals surface area (Å²) in [6, 6.07) is 4.66. The summed E-state index contributed by atoms with van der Waals surface area (Å²) in [5.41, 5.74) is 0.882. The van der Waals surface area contributed by atoms with Crippen LogP contribution in [0.25, 0.3) is 0 Å². The van der Waals surface area contributed by atoms with Crippen molar-refractivity contribution < 1.29 is 14.4 Å². The van der Waals surface area contributed by atoms with Crippen molar-refractivity contribution in [1.82, 2.24) is 10.2 Å². The van der Waals surface area contributed by atoms with Gasteiger partial charge in [-0.05, 0) is 13.1 Å². The SMILES string of the molecule is COc1ccc([N+](=O)[O-])cc1CN(C)CC1CNCCO1. The number of nitrogens with one attached hydrogen (secondary N) is 1. The summed E-state index contributed by atoms with van der Waals surface area (Å²) in [6.07, 6.45) is 0.147. The first-order valence-electron chi connectivity index (χ1n) is 6.92. The van der Waals surface area contributed by atoms with Crippen molar-refractivity contribution in [1.29, 1.82) is 0 Å². The Labute approximate surface area is 124 Å². The largest absolute Gasteiger partial charge is 0.496 e. The number of nitrogens with zero attached hydrogens (tertiary/aromatic N) is 2. The molecule has 21 heavy (non-hydrogen) atoms. The third kappa shape index (κ3) is 4.38. The van der Waals surface area contributed by atoms with Gasteiger partial charge in [0.2, 0.25) is 0 Å². The molecule has 116 valence electrons. The van der Waals surface area contributed by atoms with Crippen molar-refractivity contribution in [2.24, 2.45) is 0 Å². The number of non-ortho nitro benzene ring substituents is 1. The quantitative estimate of drug-likeness (QED) is 0.624. The van der Waals surface area contributed by atoms with Crippen LogP contribution in [0.2, 0.25) is 0 Å². The van der Waals surface area contributed by atoms with Crippen molar-refractivity contribution >= 4 is 5.69 Å². The Morgan fingerprint density at radius 1 is 1.57 bits per heavy atom. The molecule has 1 unspecified atom stereocenters. The van der Waals surface area contributed by atoms with Crippen LogP contribution < -0.4 is 10.1 Å². The number of nitro groups is 1. The predicted octanol–water partition coefficient (Wildman–Crippen LogP) is 1.02. The smallest absolute Gasteiger partial charge is 0.270 e. The van der Waals surface area contributed by atoms with Gasteiger partial charge in [-0.3, -0.25) is 15.0 Å². The zero-order valence-corrected chi connectivity index (χ0v) is 12.4. The van der Waals surface area contributed by atoms with E-state index in [1.165, 1.54) is 6.07 Å². The normalized spacial score (nSPS) is 18.7. The lowest BCUT2D eigenvalue weighted by atomic mass is 10.1. The van der Waals surface area contributed by atoms with Crippen LogP contribution in [-0.2, 0) is 11.3 Å². The van der Waals surface area contributed by atoms with Gasteiger partial charge in [0.05, 0.1) is 24.7 Å². The van der Waals surface area contributed by atoms with Crippen LogP contribution in [0.4, 0.5) is 5.69 Å². The monoisotopic (exact) mass is 295 g/mol. The van der Waals surface area contributed by atoms with E-state index in [4.69, 9.17) is 9.47 Å². The summed E-state index contributed by atoms with van der Waals surface area (Å²) in [7, 11) is 3.54. The van der Waals surface area contributed by atoms with Gasteiger partial charge < -0.3 is 14.8 Å². The minimum Gasteiger partial charge on any atom is -0.496 e. The van der Waals surface area contributed by atoms with E-state index in [2.05, 4.69) is 10.2 Å². The molecular weight excluding hydrogens is 274 g/mol. The van der Waals surface area contributed by atoms with E-state index in [0.717, 1.165) is 31.8 Å². The molecule has 1 aromatic carbocycles. The third-order valence-electron chi connectivity index (χ3n) is 3.43. The second kappa shape index (κ2) is 7.35. The summed E-state index contributed by atoms with van der Waals surface area (Å²) in [6.45, 7) is 3.78. The van der Waals surface area contributed by atoms with Crippen molar-refractivity contribution in [3.05, 3.63) is 33.9 Å². The second-order valence-corrected chi connectivity index (χ2v) is 5.15. The topological polar surface area (TPSA) is 76.9 Å². The van der Waals surface area contributed by atoms with Crippen LogP contribution in [0.3, 0.4) is 0 Å². The molecule has 1 fully saturated rings. The Kier molecular flexibility index (Phi) is 5.49. The lowest BCUT2D eigenvalue weighted by Gasteiger charge is -2.28. The standard InChI is InChI=1S/C14H21N3O4/c1-16(10-13-8-15-5-6-21-13)9-11-7-12(17(18)19)3-4-14(11)20-2/h3-4,7,13,15H,5-6,8-10H2,1-2H3. The number of nitro benzene ring substituents is 1. The first-order valence-corrected chi connectivity index (χ1v) is 6.92. The first-order chi connectivity index (χ1) is 10.1. The molecule has 1 atom stereocenters. The van der Waals surface area contributed by atoms with Crippen LogP contribution in [0, 0.1) is 10.1 Å². The number of morpholine rings is 1. The molecule has 2 rings (SSSR count). The van der Waals surface area contributed by atoms with Gasteiger partial charge >= 0.3 is 0 Å². The van der Waals surface area contributed by atoms with E-state index in [9.17, 15) is 10.1 Å². The van der Waals surface area contributed by atoms with Gasteiger partial charge in [0, 0.05) is 43.9 Å². The van der Waals surface area contributed by atoms with E-state index >= 15 is 0 Å². The van der Waals surface area contributed by atoms with Crippen LogP contribution >= 0.6 is 0 Å². The summed E-state index contributed by atoms with van der Waals surface area (Å²) < 4.78 is 10.9. The van der Waals surface area contributed by atoms with Crippen molar-refractivity contribution in [3.63, 3.8) is 0 Å². The fourth-order valence-corrected chi connectivity index (χ4v) is 2.44. The minimum absolute atomic E-state index is 0.0785. The molecule has 7 nitrogen and oxygen atoms in total. The number of benzene rings is 1. The lowest BCUT2D eigenvalue weighted by molar-refractivity contribution is -0.384. The third-order valence-corrected chi connectivity index (χ3v) is 3.43. The molecule has 0 amide bonds. The van der Waals surface area contributed by atoms with Gasteiger partial charge in [0.1, 0.15) is 5.75 Å². The Hall–Kier alpha value is -1.70. The first kappa shape index (κ1) is 15.7. The molecule has 1 aliphatic heterocycles. The van der Waals surface area contributed by atoms with Crippen LogP contribution in [0.5, 0.6) is 5.75 Å². The highest BCUT2D eigenvalue weighted by molar-refractivity contribution is 5.43. The zero-order valence-electron chi connectivity index (χ0n) is 12.4. The fraction of sp³-hybridized carbons (Fsp3) is 0.571. The van der Waals surface area contributed by atoms with Gasteiger partial charge in [-0.2, -0.15) is 0 Å². The summed E-state index contributed by atoms with van der Waals surface area (Å²) in [4.78, 5) is 12.6. The highest BCUT2D eigenvalue weighted by atomic mass is 16.6. The van der Waals surface area contributed by atoms with Gasteiger partial charge in [0.15, 0.2) is 0 Å². The maximum absolute atomic E-state index is 10.9. The van der Waals surface area contributed by atoms with Gasteiger partial charge in [-0.25, -0.2) is 0 Å². The Morgan fingerprint density at radius 3 is 3.00 bits per heavy atom. The molecule has 0 bridgehead atoms. The molecule has 1 saturated heterocycles. The Bertz CT molecular complexity index is 489. The Balaban J connectivity index is 2.02. The molecule has 1 aliphatic rings. The molecule has 0 aromatic heterocycles. The summed E-state index contributed by atoms with van der Waals surface area (Å²) in [5, 5.41) is 14.2. The molecule has 0 radical (unpaired) electrons. The molecule has 1 aromatic rings. The summed E-state index contributed by atoms with van der Waals surface area (Å²) >= 11 is 0. The molecular formula is C14H21N3O4. The van der Waals surface area contributed by atoms with Crippen molar-refractivity contribution in [2.45, 2.75) is 12.6 Å². The van der Waals surface area contributed by atoms with E-state index in [0.29, 0.717) is 12.3 Å². The zero-order chi connectivity index (χ0) is 15.2. The van der Waals surface area contributed by atoms with E-state index in [1.807, 2.05) is 7.05 Å². The molecule has 0 spiro atoms. The Morgan fingerprint density at radius 2 is 2.38 bits per heavy atom. The highest BCUT2D eigenvalue weighted by Crippen LogP contribution is 2.25. The maximum Gasteiger partial charge on any atom is 0.270 e. The van der Waals surface area contributed by atoms with Crippen LogP contribution in [-0.4, -0.2) is 56.3 Å². The number of methoxy groups -OCH3 is 1. The average molecular weight is 295 g/mol. The van der Waals surface area contributed by atoms with Crippen LogP contribution in [0.15, 0.2) is 18.2 Å². The predicted molar refractivity (Wildman–Crippen MR) is 78.6 cm³/mol. The van der Waals surface area contributed by atoms with Gasteiger partial charge in [-0.15, -0.1) is 0 Å².